The van der Waals surface area contributed by atoms with Crippen LogP contribution in [0.4, 0.5) is 0 Å². The maximum Gasteiger partial charge on any atom is 0.331 e. The first kappa shape index (κ1) is 16.0. The number of carboxylic acid groups (broad SMARTS) is 1. The Morgan fingerprint density at radius 1 is 1.45 bits per heavy atom. The first-order valence-corrected chi connectivity index (χ1v) is 6.69. The predicted molar refractivity (Wildman–Crippen MR) is 75.6 cm³/mol. The van der Waals surface area contributed by atoms with E-state index in [2.05, 4.69) is 0 Å². The van der Waals surface area contributed by atoms with Crippen molar-refractivity contribution in [1.82, 2.24) is 4.90 Å². The van der Waals surface area contributed by atoms with E-state index in [-0.39, 0.29) is 6.04 Å². The molecule has 1 atom stereocenters. The Morgan fingerprint density at radius 3 is 2.65 bits per heavy atom. The number of ether oxygens (including phenoxy) is 1. The molecule has 5 nitrogen and oxygen atoms in total. The van der Waals surface area contributed by atoms with E-state index in [1.54, 1.807) is 38.1 Å². The number of rotatable bonds is 8. The molecule has 0 aliphatic rings. The molecule has 1 aromatic carbocycles. The van der Waals surface area contributed by atoms with Crippen molar-refractivity contribution in [3.05, 3.63) is 29.8 Å². The monoisotopic (exact) mass is 279 g/mol. The topological polar surface area (TPSA) is 66.8 Å². The normalized spacial score (nSPS) is 12.0. The first-order chi connectivity index (χ1) is 9.51. The summed E-state index contributed by atoms with van der Waals surface area (Å²) >= 11 is 0. The number of aliphatic carboxylic acids is 1. The lowest BCUT2D eigenvalue weighted by molar-refractivity contribution is -0.148. The van der Waals surface area contributed by atoms with Gasteiger partial charge in [0, 0.05) is 6.04 Å². The summed E-state index contributed by atoms with van der Waals surface area (Å²) in [5, 5.41) is 9.40. The number of carbonyl (C=O) groups is 2. The van der Waals surface area contributed by atoms with Gasteiger partial charge in [-0.1, -0.05) is 19.1 Å². The Bertz CT molecular complexity index is 459. The van der Waals surface area contributed by atoms with Gasteiger partial charge in [-0.3, -0.25) is 4.79 Å². The summed E-state index contributed by atoms with van der Waals surface area (Å²) in [6, 6.07) is 5.67. The molecule has 0 bridgehead atoms. The van der Waals surface area contributed by atoms with Crippen molar-refractivity contribution in [1.29, 1.82) is 0 Å². The summed E-state index contributed by atoms with van der Waals surface area (Å²) < 4.78 is 5.50. The summed E-state index contributed by atoms with van der Waals surface area (Å²) in [7, 11) is 0. The highest BCUT2D eigenvalue weighted by atomic mass is 16.5. The van der Waals surface area contributed by atoms with Crippen molar-refractivity contribution < 1.29 is 19.4 Å². The fourth-order valence-corrected chi connectivity index (χ4v) is 1.92. The van der Waals surface area contributed by atoms with Gasteiger partial charge in [0.25, 0.3) is 0 Å². The molecule has 0 aliphatic heterocycles. The second-order valence-electron chi connectivity index (χ2n) is 4.81. The van der Waals surface area contributed by atoms with E-state index in [1.165, 1.54) is 4.90 Å². The number of benzene rings is 1. The lowest BCUT2D eigenvalue weighted by Crippen LogP contribution is -2.38. The Labute approximate surface area is 119 Å². The van der Waals surface area contributed by atoms with Gasteiger partial charge in [0.05, 0.1) is 6.61 Å². The number of amides is 1. The number of carboxylic acids is 1. The fourth-order valence-electron chi connectivity index (χ4n) is 1.92. The zero-order valence-corrected chi connectivity index (χ0v) is 12.1. The molecular weight excluding hydrogens is 258 g/mol. The molecule has 0 spiro atoms. The maximum absolute atomic E-state index is 11.5. The molecule has 0 saturated carbocycles. The molecule has 0 heterocycles. The molecule has 0 saturated heterocycles. The van der Waals surface area contributed by atoms with Gasteiger partial charge in [-0.15, -0.1) is 0 Å². The number of nitrogens with zero attached hydrogens (tertiary/aromatic N) is 1. The third-order valence-corrected chi connectivity index (χ3v) is 2.90. The maximum atomic E-state index is 11.5. The first-order valence-electron chi connectivity index (χ1n) is 6.69. The second kappa shape index (κ2) is 7.53. The van der Waals surface area contributed by atoms with Crippen LogP contribution in [0.2, 0.25) is 0 Å². The average Bonchev–Trinajstić information content (AvgIpc) is 2.41. The van der Waals surface area contributed by atoms with E-state index in [0.717, 1.165) is 6.42 Å². The minimum Gasteiger partial charge on any atom is -0.494 e. The molecule has 1 rings (SSSR count). The molecule has 110 valence electrons. The summed E-state index contributed by atoms with van der Waals surface area (Å²) in [5.41, 5.74) is 0.534. The Balaban J connectivity index is 3.08. The molecule has 1 unspecified atom stereocenters. The van der Waals surface area contributed by atoms with Crippen molar-refractivity contribution >= 4 is 12.4 Å². The van der Waals surface area contributed by atoms with Crippen molar-refractivity contribution in [3.63, 3.8) is 0 Å². The van der Waals surface area contributed by atoms with Gasteiger partial charge < -0.3 is 14.7 Å². The van der Waals surface area contributed by atoms with Crippen LogP contribution in [0.5, 0.6) is 5.75 Å². The summed E-state index contributed by atoms with van der Waals surface area (Å²) in [6.07, 6.45) is 1.45. The molecule has 1 aromatic rings. The Morgan fingerprint density at radius 2 is 2.15 bits per heavy atom. The van der Waals surface area contributed by atoms with Crippen molar-refractivity contribution in [3.8, 4) is 5.75 Å². The molecule has 5 heteroatoms. The minimum atomic E-state index is -1.06. The molecule has 20 heavy (non-hydrogen) atoms. The molecular formula is C15H21NO4. The van der Waals surface area contributed by atoms with Crippen LogP contribution < -0.4 is 4.74 Å². The van der Waals surface area contributed by atoms with Gasteiger partial charge in [-0.25, -0.2) is 4.79 Å². The van der Waals surface area contributed by atoms with E-state index in [0.29, 0.717) is 24.3 Å². The standard InChI is InChI=1S/C15H21NO4/c1-4-8-20-13-7-5-6-12(9-13)14(15(18)19)16(10-17)11(2)3/h5-7,9-11,14H,4,8H2,1-3H3,(H,18,19). The van der Waals surface area contributed by atoms with Crippen LogP contribution in [0.15, 0.2) is 24.3 Å². The largest absolute Gasteiger partial charge is 0.494 e. The lowest BCUT2D eigenvalue weighted by Gasteiger charge is -2.29. The van der Waals surface area contributed by atoms with E-state index in [9.17, 15) is 14.7 Å². The number of hydrogen-bond donors (Lipinski definition) is 1. The van der Waals surface area contributed by atoms with E-state index in [1.807, 2.05) is 6.92 Å². The van der Waals surface area contributed by atoms with Crippen LogP contribution >= 0.6 is 0 Å². The zero-order chi connectivity index (χ0) is 15.1. The molecule has 0 aliphatic carbocycles. The van der Waals surface area contributed by atoms with Crippen molar-refractivity contribution in [2.75, 3.05) is 6.61 Å². The van der Waals surface area contributed by atoms with Gasteiger partial charge in [-0.05, 0) is 38.0 Å². The lowest BCUT2D eigenvalue weighted by atomic mass is 10.0. The summed E-state index contributed by atoms with van der Waals surface area (Å²) in [4.78, 5) is 23.9. The van der Waals surface area contributed by atoms with Crippen LogP contribution in [-0.2, 0) is 9.59 Å². The molecule has 0 aromatic heterocycles. The van der Waals surface area contributed by atoms with E-state index in [4.69, 9.17) is 4.74 Å². The van der Waals surface area contributed by atoms with Crippen molar-refractivity contribution in [2.24, 2.45) is 0 Å². The molecule has 0 radical (unpaired) electrons. The zero-order valence-electron chi connectivity index (χ0n) is 12.1. The number of hydrogen-bond acceptors (Lipinski definition) is 3. The van der Waals surface area contributed by atoms with Crippen LogP contribution in [0.3, 0.4) is 0 Å². The molecule has 0 fully saturated rings. The predicted octanol–water partition coefficient (Wildman–Crippen LogP) is 2.47. The van der Waals surface area contributed by atoms with Crippen molar-refractivity contribution in [2.45, 2.75) is 39.3 Å². The smallest absolute Gasteiger partial charge is 0.331 e. The fraction of sp³-hybridized carbons (Fsp3) is 0.467. The van der Waals surface area contributed by atoms with Crippen LogP contribution in [0, 0.1) is 0 Å². The van der Waals surface area contributed by atoms with Gasteiger partial charge in [0.1, 0.15) is 5.75 Å². The Kier molecular flexibility index (Phi) is 6.03. The summed E-state index contributed by atoms with van der Waals surface area (Å²) in [6.45, 7) is 6.13. The minimum absolute atomic E-state index is 0.200. The highest BCUT2D eigenvalue weighted by molar-refractivity contribution is 5.78. The van der Waals surface area contributed by atoms with Crippen LogP contribution in [0.25, 0.3) is 0 Å². The molecule has 1 N–H and O–H groups in total. The SMILES string of the molecule is CCCOc1cccc(C(C(=O)O)N(C=O)C(C)C)c1. The van der Waals surface area contributed by atoms with Crippen LogP contribution in [0.1, 0.15) is 38.8 Å². The van der Waals surface area contributed by atoms with Gasteiger partial charge in [-0.2, -0.15) is 0 Å². The average molecular weight is 279 g/mol. The molecule has 1 amide bonds. The van der Waals surface area contributed by atoms with E-state index < -0.39 is 12.0 Å². The Hall–Kier alpha value is -2.04. The van der Waals surface area contributed by atoms with Gasteiger partial charge >= 0.3 is 5.97 Å². The van der Waals surface area contributed by atoms with Gasteiger partial charge in [0.15, 0.2) is 6.04 Å². The quantitative estimate of drug-likeness (QED) is 0.742. The third kappa shape index (κ3) is 3.98. The second-order valence-corrected chi connectivity index (χ2v) is 4.81. The van der Waals surface area contributed by atoms with Gasteiger partial charge in [0.2, 0.25) is 6.41 Å². The third-order valence-electron chi connectivity index (χ3n) is 2.90. The van der Waals surface area contributed by atoms with Crippen LogP contribution in [-0.4, -0.2) is 35.0 Å². The highest BCUT2D eigenvalue weighted by Gasteiger charge is 2.28. The number of carbonyl (C=O) groups excluding carboxylic acids is 1. The summed E-state index contributed by atoms with van der Waals surface area (Å²) in [5.74, 6) is -0.441. The highest BCUT2D eigenvalue weighted by Crippen LogP contribution is 2.25. The van der Waals surface area contributed by atoms with E-state index >= 15 is 0 Å².